The molecule has 0 unspecified atom stereocenters. The van der Waals surface area contributed by atoms with E-state index in [2.05, 4.69) is 20.8 Å². The molecule has 1 saturated heterocycles. The lowest BCUT2D eigenvalue weighted by Crippen LogP contribution is -2.20. The highest BCUT2D eigenvalue weighted by molar-refractivity contribution is 5.71. The molecule has 1 heterocycles. The minimum absolute atomic E-state index is 0.0417. The van der Waals surface area contributed by atoms with Crippen LogP contribution >= 0.6 is 0 Å². The highest BCUT2D eigenvalue weighted by Gasteiger charge is 2.33. The van der Waals surface area contributed by atoms with Crippen molar-refractivity contribution in [2.75, 3.05) is 6.61 Å². The SMILES string of the molecule is CC(C)(C)[C@H]1COC(=O)C1. The largest absolute Gasteiger partial charge is 0.465 e. The van der Waals surface area contributed by atoms with Crippen molar-refractivity contribution in [2.45, 2.75) is 27.2 Å². The predicted octanol–water partition coefficient (Wildman–Crippen LogP) is 1.60. The first-order valence-corrected chi connectivity index (χ1v) is 3.66. The van der Waals surface area contributed by atoms with E-state index in [4.69, 9.17) is 4.74 Å². The Morgan fingerprint density at radius 2 is 2.10 bits per heavy atom. The molecule has 0 bridgehead atoms. The topological polar surface area (TPSA) is 26.3 Å². The van der Waals surface area contributed by atoms with Gasteiger partial charge in [0.15, 0.2) is 0 Å². The molecule has 58 valence electrons. The first kappa shape index (κ1) is 7.58. The standard InChI is InChI=1S/C8H14O2/c1-8(2,3)6-4-7(9)10-5-6/h6H,4-5H2,1-3H3/t6-/m1/s1. The third kappa shape index (κ3) is 1.49. The Morgan fingerprint density at radius 3 is 2.30 bits per heavy atom. The molecule has 1 rings (SSSR count). The van der Waals surface area contributed by atoms with Crippen molar-refractivity contribution in [3.8, 4) is 0 Å². The summed E-state index contributed by atoms with van der Waals surface area (Å²) >= 11 is 0. The molecule has 2 heteroatoms. The number of carbonyl (C=O) groups is 1. The van der Waals surface area contributed by atoms with Crippen molar-refractivity contribution in [2.24, 2.45) is 11.3 Å². The Hall–Kier alpha value is -0.530. The Balaban J connectivity index is 2.53. The van der Waals surface area contributed by atoms with Crippen molar-refractivity contribution in [3.63, 3.8) is 0 Å². The van der Waals surface area contributed by atoms with Gasteiger partial charge in [-0.2, -0.15) is 0 Å². The second kappa shape index (κ2) is 2.26. The maximum atomic E-state index is 10.7. The van der Waals surface area contributed by atoms with E-state index in [0.717, 1.165) is 0 Å². The van der Waals surface area contributed by atoms with Crippen LogP contribution in [-0.2, 0) is 9.53 Å². The van der Waals surface area contributed by atoms with E-state index in [0.29, 0.717) is 18.9 Å². The number of carbonyl (C=O) groups excluding carboxylic acids is 1. The average Bonchev–Trinajstić information content (AvgIpc) is 2.11. The first-order chi connectivity index (χ1) is 4.50. The molecular formula is C8H14O2. The minimum atomic E-state index is -0.0417. The zero-order valence-electron chi connectivity index (χ0n) is 6.81. The summed E-state index contributed by atoms with van der Waals surface area (Å²) in [7, 11) is 0. The molecule has 0 amide bonds. The van der Waals surface area contributed by atoms with Crippen molar-refractivity contribution in [1.82, 2.24) is 0 Å². The molecule has 10 heavy (non-hydrogen) atoms. The van der Waals surface area contributed by atoms with E-state index in [-0.39, 0.29) is 11.4 Å². The number of ether oxygens (including phenoxy) is 1. The lowest BCUT2D eigenvalue weighted by molar-refractivity contribution is -0.137. The second-order valence-electron chi connectivity index (χ2n) is 3.95. The van der Waals surface area contributed by atoms with E-state index in [1.807, 2.05) is 0 Å². The predicted molar refractivity (Wildman–Crippen MR) is 38.5 cm³/mol. The molecule has 2 nitrogen and oxygen atoms in total. The third-order valence-electron chi connectivity index (χ3n) is 2.08. The Labute approximate surface area is 61.6 Å². The average molecular weight is 142 g/mol. The van der Waals surface area contributed by atoms with Crippen LogP contribution < -0.4 is 0 Å². The maximum absolute atomic E-state index is 10.7. The number of esters is 1. The van der Waals surface area contributed by atoms with E-state index in [1.165, 1.54) is 0 Å². The fourth-order valence-electron chi connectivity index (χ4n) is 1.07. The molecule has 0 aromatic heterocycles. The van der Waals surface area contributed by atoms with E-state index in [9.17, 15) is 4.79 Å². The van der Waals surface area contributed by atoms with Crippen LogP contribution in [0.5, 0.6) is 0 Å². The summed E-state index contributed by atoms with van der Waals surface area (Å²) in [6.07, 6.45) is 0.601. The van der Waals surface area contributed by atoms with E-state index in [1.54, 1.807) is 0 Å². The van der Waals surface area contributed by atoms with Gasteiger partial charge in [-0.1, -0.05) is 20.8 Å². The molecule has 0 spiro atoms. The lowest BCUT2D eigenvalue weighted by atomic mass is 9.80. The van der Waals surface area contributed by atoms with Gasteiger partial charge in [-0.25, -0.2) is 0 Å². The van der Waals surface area contributed by atoms with Crippen molar-refractivity contribution >= 4 is 5.97 Å². The molecule has 1 aliphatic heterocycles. The summed E-state index contributed by atoms with van der Waals surface area (Å²) < 4.78 is 4.85. The maximum Gasteiger partial charge on any atom is 0.306 e. The Bertz CT molecular complexity index is 144. The van der Waals surface area contributed by atoms with Crippen LogP contribution in [0.1, 0.15) is 27.2 Å². The minimum Gasteiger partial charge on any atom is -0.465 e. The molecule has 1 aliphatic rings. The van der Waals surface area contributed by atoms with Crippen LogP contribution in [0, 0.1) is 11.3 Å². The second-order valence-corrected chi connectivity index (χ2v) is 3.95. The normalized spacial score (nSPS) is 26.7. The molecule has 0 aliphatic carbocycles. The van der Waals surface area contributed by atoms with Crippen molar-refractivity contribution in [1.29, 1.82) is 0 Å². The van der Waals surface area contributed by atoms with Crippen LogP contribution in [0.4, 0.5) is 0 Å². The molecule has 0 aromatic carbocycles. The summed E-state index contributed by atoms with van der Waals surface area (Å²) in [5.74, 6) is 0.375. The number of hydrogen-bond acceptors (Lipinski definition) is 2. The monoisotopic (exact) mass is 142 g/mol. The quantitative estimate of drug-likeness (QED) is 0.480. The van der Waals surface area contributed by atoms with Gasteiger partial charge in [0.05, 0.1) is 13.0 Å². The van der Waals surface area contributed by atoms with Gasteiger partial charge in [-0.3, -0.25) is 4.79 Å². The summed E-state index contributed by atoms with van der Waals surface area (Å²) in [6, 6.07) is 0. The molecule has 1 atom stereocenters. The zero-order valence-corrected chi connectivity index (χ0v) is 6.81. The summed E-state index contributed by atoms with van der Waals surface area (Å²) in [4.78, 5) is 10.7. The zero-order chi connectivity index (χ0) is 7.78. The fraction of sp³-hybridized carbons (Fsp3) is 0.875. The van der Waals surface area contributed by atoms with Gasteiger partial charge in [0.1, 0.15) is 0 Å². The Morgan fingerprint density at radius 1 is 1.50 bits per heavy atom. The van der Waals surface area contributed by atoms with Crippen molar-refractivity contribution < 1.29 is 9.53 Å². The molecular weight excluding hydrogens is 128 g/mol. The van der Waals surface area contributed by atoms with Gasteiger partial charge in [-0.05, 0) is 5.41 Å². The fourth-order valence-corrected chi connectivity index (χ4v) is 1.07. The summed E-state index contributed by atoms with van der Waals surface area (Å²) in [5, 5.41) is 0. The van der Waals surface area contributed by atoms with Gasteiger partial charge in [-0.15, -0.1) is 0 Å². The molecule has 1 fully saturated rings. The first-order valence-electron chi connectivity index (χ1n) is 3.66. The Kier molecular flexibility index (Phi) is 1.71. The molecule has 0 saturated carbocycles. The van der Waals surface area contributed by atoms with E-state index >= 15 is 0 Å². The third-order valence-corrected chi connectivity index (χ3v) is 2.08. The number of hydrogen-bond donors (Lipinski definition) is 0. The molecule has 0 N–H and O–H groups in total. The van der Waals surface area contributed by atoms with Crippen LogP contribution in [0.25, 0.3) is 0 Å². The van der Waals surface area contributed by atoms with Gasteiger partial charge in [0.2, 0.25) is 0 Å². The van der Waals surface area contributed by atoms with Crippen LogP contribution in [-0.4, -0.2) is 12.6 Å². The summed E-state index contributed by atoms with van der Waals surface area (Å²) in [5.41, 5.74) is 0.214. The van der Waals surface area contributed by atoms with E-state index < -0.39 is 0 Å². The molecule has 0 aromatic rings. The van der Waals surface area contributed by atoms with Gasteiger partial charge >= 0.3 is 5.97 Å². The number of rotatable bonds is 0. The van der Waals surface area contributed by atoms with Crippen molar-refractivity contribution in [3.05, 3.63) is 0 Å². The highest BCUT2D eigenvalue weighted by Crippen LogP contribution is 2.32. The van der Waals surface area contributed by atoms with Crippen LogP contribution in [0.3, 0.4) is 0 Å². The van der Waals surface area contributed by atoms with Gasteiger partial charge < -0.3 is 4.74 Å². The summed E-state index contributed by atoms with van der Waals surface area (Å²) in [6.45, 7) is 7.03. The highest BCUT2D eigenvalue weighted by atomic mass is 16.5. The van der Waals surface area contributed by atoms with Crippen LogP contribution in [0.15, 0.2) is 0 Å². The van der Waals surface area contributed by atoms with Crippen LogP contribution in [0.2, 0.25) is 0 Å². The lowest BCUT2D eigenvalue weighted by Gasteiger charge is -2.23. The smallest absolute Gasteiger partial charge is 0.306 e. The number of cyclic esters (lactones) is 1. The van der Waals surface area contributed by atoms with Gasteiger partial charge in [0, 0.05) is 5.92 Å². The van der Waals surface area contributed by atoms with Gasteiger partial charge in [0.25, 0.3) is 0 Å². The molecule has 0 radical (unpaired) electrons.